The molecule has 1 unspecified atom stereocenters. The Morgan fingerprint density at radius 1 is 0.950 bits per heavy atom. The number of rotatable bonds is 9. The fourth-order valence-electron chi connectivity index (χ4n) is 5.37. The summed E-state index contributed by atoms with van der Waals surface area (Å²) in [6.45, 7) is 0.793. The highest BCUT2D eigenvalue weighted by molar-refractivity contribution is 6.35. The Hall–Kier alpha value is -3.42. The van der Waals surface area contributed by atoms with Gasteiger partial charge in [0.1, 0.15) is 17.2 Å². The Bertz CT molecular complexity index is 1480. The third-order valence-corrected chi connectivity index (χ3v) is 8.36. The molecule has 0 saturated heterocycles. The minimum absolute atomic E-state index is 0.185. The number of carbonyl (C=O) groups excluding carboxylic acids is 2. The van der Waals surface area contributed by atoms with Crippen molar-refractivity contribution >= 4 is 35.0 Å². The lowest BCUT2D eigenvalue weighted by molar-refractivity contribution is -0.120. The molecule has 2 amide bonds. The summed E-state index contributed by atoms with van der Waals surface area (Å²) in [4.78, 5) is 36.2. The number of fused-ring (bicyclic) bond motifs is 1. The molecule has 1 atom stereocenters. The highest BCUT2D eigenvalue weighted by Gasteiger charge is 2.41. The zero-order valence-corrected chi connectivity index (χ0v) is 23.3. The van der Waals surface area contributed by atoms with E-state index in [1.807, 2.05) is 12.1 Å². The first-order chi connectivity index (χ1) is 19.4. The van der Waals surface area contributed by atoms with E-state index in [0.717, 1.165) is 53.7 Å². The van der Waals surface area contributed by atoms with Crippen LogP contribution in [0, 0.1) is 4.91 Å². The molecule has 2 aliphatic carbocycles. The molecular formula is C31H28Cl2N2O5. The van der Waals surface area contributed by atoms with Gasteiger partial charge in [-0.1, -0.05) is 29.3 Å². The maximum Gasteiger partial charge on any atom is 0.294 e. The van der Waals surface area contributed by atoms with Gasteiger partial charge in [-0.3, -0.25) is 9.59 Å². The number of hydrogen-bond donors (Lipinski definition) is 1. The summed E-state index contributed by atoms with van der Waals surface area (Å²) in [5.74, 6) is 1.31. The lowest BCUT2D eigenvalue weighted by Gasteiger charge is -2.28. The van der Waals surface area contributed by atoms with E-state index in [0.29, 0.717) is 64.9 Å². The topological polar surface area (TPSA) is 94.1 Å². The minimum atomic E-state index is -0.646. The molecule has 7 nitrogen and oxygen atoms in total. The fourth-order valence-corrected chi connectivity index (χ4v) is 5.87. The van der Waals surface area contributed by atoms with Crippen LogP contribution in [0.4, 0.5) is 0 Å². The van der Waals surface area contributed by atoms with Crippen molar-refractivity contribution in [3.05, 3.63) is 91.3 Å². The monoisotopic (exact) mass is 578 g/mol. The highest BCUT2D eigenvalue weighted by atomic mass is 35.5. The average molecular weight is 579 g/mol. The number of nitroso groups, excluding NO2 is 1. The summed E-state index contributed by atoms with van der Waals surface area (Å²) in [5.41, 5.74) is 4.25. The van der Waals surface area contributed by atoms with E-state index >= 15 is 0 Å². The second-order valence-corrected chi connectivity index (χ2v) is 11.5. The highest BCUT2D eigenvalue weighted by Crippen LogP contribution is 2.58. The van der Waals surface area contributed by atoms with E-state index < -0.39 is 11.8 Å². The molecule has 9 heteroatoms. The van der Waals surface area contributed by atoms with Crippen molar-refractivity contribution in [2.45, 2.75) is 56.3 Å². The number of nitrogens with zero attached hydrogens (tertiary/aromatic N) is 1. The van der Waals surface area contributed by atoms with Crippen LogP contribution in [0.25, 0.3) is 0 Å². The summed E-state index contributed by atoms with van der Waals surface area (Å²) in [6, 6.07) is 14.4. The number of benzene rings is 3. The lowest BCUT2D eigenvalue weighted by Crippen LogP contribution is -2.25. The molecular weight excluding hydrogens is 551 g/mol. The number of carbonyl (C=O) groups is 2. The molecule has 2 fully saturated rings. The molecule has 6 rings (SSSR count). The third kappa shape index (κ3) is 5.58. The molecule has 3 aliphatic rings. The van der Waals surface area contributed by atoms with E-state index in [9.17, 15) is 14.5 Å². The molecule has 3 aromatic carbocycles. The maximum atomic E-state index is 12.7. The van der Waals surface area contributed by atoms with E-state index in [1.54, 1.807) is 36.4 Å². The van der Waals surface area contributed by atoms with Gasteiger partial charge in [0, 0.05) is 38.5 Å². The first-order valence-corrected chi connectivity index (χ1v) is 14.4. The van der Waals surface area contributed by atoms with Crippen LogP contribution in [0.3, 0.4) is 0 Å². The molecule has 1 heterocycles. The molecule has 2 saturated carbocycles. The summed E-state index contributed by atoms with van der Waals surface area (Å²) in [5, 5.41) is 6.81. The Morgan fingerprint density at radius 3 is 2.38 bits per heavy atom. The predicted octanol–water partition coefficient (Wildman–Crippen LogP) is 7.67. The van der Waals surface area contributed by atoms with Gasteiger partial charge in [0.05, 0.1) is 12.5 Å². The first kappa shape index (κ1) is 26.8. The first-order valence-electron chi connectivity index (χ1n) is 13.6. The van der Waals surface area contributed by atoms with Gasteiger partial charge in [0.25, 0.3) is 11.8 Å². The fraction of sp³-hybridized carbons (Fsp3) is 0.355. The van der Waals surface area contributed by atoms with Crippen molar-refractivity contribution in [2.24, 2.45) is 5.18 Å². The van der Waals surface area contributed by atoms with Crippen molar-refractivity contribution in [3.8, 4) is 17.2 Å². The van der Waals surface area contributed by atoms with E-state index in [2.05, 4.69) is 10.5 Å². The van der Waals surface area contributed by atoms with Gasteiger partial charge in [0.15, 0.2) is 0 Å². The van der Waals surface area contributed by atoms with Crippen molar-refractivity contribution in [3.63, 3.8) is 0 Å². The minimum Gasteiger partial charge on any atom is -0.493 e. The van der Waals surface area contributed by atoms with Gasteiger partial charge >= 0.3 is 0 Å². The second-order valence-electron chi connectivity index (χ2n) is 10.7. The molecule has 0 bridgehead atoms. The summed E-state index contributed by atoms with van der Waals surface area (Å²) < 4.78 is 12.6. The Labute approximate surface area is 242 Å². The standard InChI is InChI=1S/C31H28Cl2N2O5/c32-21-8-5-18(26(33)15-21)11-13-34-30(36)20-6-9-22(10-7-20)40-29-24(17-1-2-17)16-25-23(31(37)35-38)12-14-39-28(25)27(29)19-3-4-19/h5-10,15-17,19,23H,1-4,11-14H2,(H,34,36). The molecule has 1 aliphatic heterocycles. The van der Waals surface area contributed by atoms with Gasteiger partial charge in [-0.25, -0.2) is 0 Å². The SMILES string of the molecule is O=NC(=O)C1CCOc2c1cc(C1CC1)c(Oc1ccc(C(=O)NCCc3ccc(Cl)cc3Cl)cc1)c2C1CC1. The average Bonchev–Trinajstić information content (AvgIpc) is 3.88. The molecule has 206 valence electrons. The van der Waals surface area contributed by atoms with Crippen LogP contribution in [0.2, 0.25) is 10.0 Å². The van der Waals surface area contributed by atoms with Crippen LogP contribution < -0.4 is 14.8 Å². The summed E-state index contributed by atoms with van der Waals surface area (Å²) >= 11 is 12.2. The quantitative estimate of drug-likeness (QED) is 0.263. The summed E-state index contributed by atoms with van der Waals surface area (Å²) in [7, 11) is 0. The lowest BCUT2D eigenvalue weighted by atomic mass is 9.86. The number of amides is 2. The van der Waals surface area contributed by atoms with Crippen LogP contribution in [0.15, 0.2) is 53.7 Å². The van der Waals surface area contributed by atoms with Crippen LogP contribution in [-0.4, -0.2) is 25.0 Å². The Balaban J connectivity index is 1.21. The van der Waals surface area contributed by atoms with Crippen molar-refractivity contribution in [1.82, 2.24) is 5.32 Å². The Morgan fingerprint density at radius 2 is 1.70 bits per heavy atom. The third-order valence-electron chi connectivity index (χ3n) is 7.78. The van der Waals surface area contributed by atoms with Crippen LogP contribution >= 0.6 is 23.2 Å². The van der Waals surface area contributed by atoms with E-state index in [1.165, 1.54) is 0 Å². The van der Waals surface area contributed by atoms with Gasteiger partial charge in [-0.15, -0.1) is 4.91 Å². The van der Waals surface area contributed by atoms with Gasteiger partial charge in [-0.2, -0.15) is 0 Å². The Kier molecular flexibility index (Phi) is 7.51. The molecule has 3 aromatic rings. The largest absolute Gasteiger partial charge is 0.493 e. The molecule has 1 N–H and O–H groups in total. The zero-order valence-electron chi connectivity index (χ0n) is 21.8. The van der Waals surface area contributed by atoms with Crippen LogP contribution in [-0.2, 0) is 11.2 Å². The molecule has 0 aromatic heterocycles. The van der Waals surface area contributed by atoms with Gasteiger partial charge < -0.3 is 14.8 Å². The molecule has 0 radical (unpaired) electrons. The number of hydrogen-bond acceptors (Lipinski definition) is 5. The van der Waals surface area contributed by atoms with E-state index in [-0.39, 0.29) is 5.91 Å². The van der Waals surface area contributed by atoms with Gasteiger partial charge in [-0.05, 0) is 104 Å². The van der Waals surface area contributed by atoms with Crippen LogP contribution in [0.1, 0.15) is 82.5 Å². The van der Waals surface area contributed by atoms with Crippen molar-refractivity contribution < 1.29 is 19.1 Å². The zero-order chi connectivity index (χ0) is 27.8. The predicted molar refractivity (Wildman–Crippen MR) is 153 cm³/mol. The number of halogens is 2. The smallest absolute Gasteiger partial charge is 0.294 e. The molecule has 0 spiro atoms. The molecule has 40 heavy (non-hydrogen) atoms. The van der Waals surface area contributed by atoms with Crippen LogP contribution in [0.5, 0.6) is 17.2 Å². The second kappa shape index (κ2) is 11.2. The van der Waals surface area contributed by atoms with Crippen molar-refractivity contribution in [1.29, 1.82) is 0 Å². The van der Waals surface area contributed by atoms with Crippen molar-refractivity contribution in [2.75, 3.05) is 13.2 Å². The number of nitrogens with one attached hydrogen (secondary N) is 1. The number of ether oxygens (including phenoxy) is 2. The van der Waals surface area contributed by atoms with E-state index in [4.69, 9.17) is 32.7 Å². The normalized spacial score (nSPS) is 17.9. The summed E-state index contributed by atoms with van der Waals surface area (Å²) in [6.07, 6.45) is 5.17. The maximum absolute atomic E-state index is 12.7. The van der Waals surface area contributed by atoms with Gasteiger partial charge in [0.2, 0.25) is 0 Å².